The average molecular weight is 269 g/mol. The van der Waals surface area contributed by atoms with E-state index >= 15 is 0 Å². The molecule has 0 aliphatic rings. The van der Waals surface area contributed by atoms with Crippen LogP contribution in [0.15, 0.2) is 46.9 Å². The molecule has 0 radical (unpaired) electrons. The Morgan fingerprint density at radius 3 is 2.75 bits per heavy atom. The van der Waals surface area contributed by atoms with Crippen molar-refractivity contribution in [1.82, 2.24) is 0 Å². The van der Waals surface area contributed by atoms with Crippen LogP contribution in [0.2, 0.25) is 0 Å². The van der Waals surface area contributed by atoms with E-state index in [4.69, 9.17) is 9.15 Å². The number of fused-ring (bicyclic) bond motifs is 3. The largest absolute Gasteiger partial charge is 0.456 e. The molecule has 104 valence electrons. The van der Waals surface area contributed by atoms with E-state index in [9.17, 15) is 0 Å². The minimum Gasteiger partial charge on any atom is -0.456 e. The van der Waals surface area contributed by atoms with Crippen LogP contribution in [-0.4, -0.2) is 19.8 Å². The van der Waals surface area contributed by atoms with Crippen molar-refractivity contribution in [2.75, 3.05) is 19.0 Å². The lowest BCUT2D eigenvalue weighted by molar-refractivity contribution is 0.191. The SMILES string of the molecule is COCCC(C)Nc1ccc2oc3ccccc3c2c1. The highest BCUT2D eigenvalue weighted by Gasteiger charge is 2.08. The lowest BCUT2D eigenvalue weighted by Crippen LogP contribution is -2.16. The monoisotopic (exact) mass is 269 g/mol. The fourth-order valence-corrected chi connectivity index (χ4v) is 2.47. The van der Waals surface area contributed by atoms with Crippen molar-refractivity contribution >= 4 is 27.6 Å². The molecule has 2 aromatic carbocycles. The Morgan fingerprint density at radius 1 is 1.10 bits per heavy atom. The molecule has 0 spiro atoms. The lowest BCUT2D eigenvalue weighted by atomic mass is 10.1. The smallest absolute Gasteiger partial charge is 0.135 e. The van der Waals surface area contributed by atoms with Crippen molar-refractivity contribution < 1.29 is 9.15 Å². The van der Waals surface area contributed by atoms with Gasteiger partial charge in [-0.1, -0.05) is 18.2 Å². The molecule has 3 nitrogen and oxygen atoms in total. The zero-order valence-corrected chi connectivity index (χ0v) is 11.8. The summed E-state index contributed by atoms with van der Waals surface area (Å²) < 4.78 is 10.9. The predicted octanol–water partition coefficient (Wildman–Crippen LogP) is 4.42. The standard InChI is InChI=1S/C17H19NO2/c1-12(9-10-19-2)18-13-7-8-17-15(11-13)14-5-3-4-6-16(14)20-17/h3-8,11-12,18H,9-10H2,1-2H3. The Balaban J connectivity index is 1.91. The second-order valence-corrected chi connectivity index (χ2v) is 5.14. The maximum Gasteiger partial charge on any atom is 0.135 e. The summed E-state index contributed by atoms with van der Waals surface area (Å²) in [5.74, 6) is 0. The fraction of sp³-hybridized carbons (Fsp3) is 0.294. The molecule has 1 N–H and O–H groups in total. The third kappa shape index (κ3) is 2.49. The van der Waals surface area contributed by atoms with Crippen LogP contribution in [0.25, 0.3) is 21.9 Å². The third-order valence-electron chi connectivity index (χ3n) is 3.54. The quantitative estimate of drug-likeness (QED) is 0.744. The molecule has 20 heavy (non-hydrogen) atoms. The van der Waals surface area contributed by atoms with Gasteiger partial charge in [0.15, 0.2) is 0 Å². The van der Waals surface area contributed by atoms with Crippen molar-refractivity contribution in [3.05, 3.63) is 42.5 Å². The van der Waals surface area contributed by atoms with Gasteiger partial charge < -0.3 is 14.5 Å². The first-order chi connectivity index (χ1) is 9.78. The normalized spacial score (nSPS) is 12.9. The molecule has 0 bridgehead atoms. The van der Waals surface area contributed by atoms with Crippen LogP contribution in [-0.2, 0) is 4.74 Å². The molecule has 1 unspecified atom stereocenters. The predicted molar refractivity (Wildman–Crippen MR) is 83.3 cm³/mol. The number of methoxy groups -OCH3 is 1. The summed E-state index contributed by atoms with van der Waals surface area (Å²) in [7, 11) is 1.73. The van der Waals surface area contributed by atoms with Gasteiger partial charge in [0.2, 0.25) is 0 Å². The second kappa shape index (κ2) is 5.55. The van der Waals surface area contributed by atoms with Crippen LogP contribution in [0.1, 0.15) is 13.3 Å². The molecule has 0 saturated carbocycles. The summed E-state index contributed by atoms with van der Waals surface area (Å²) in [4.78, 5) is 0. The van der Waals surface area contributed by atoms with Gasteiger partial charge in [-0.3, -0.25) is 0 Å². The summed E-state index contributed by atoms with van der Waals surface area (Å²) in [5.41, 5.74) is 2.99. The molecule has 3 heteroatoms. The van der Waals surface area contributed by atoms with Gasteiger partial charge in [0.1, 0.15) is 11.2 Å². The van der Waals surface area contributed by atoms with E-state index in [0.717, 1.165) is 40.7 Å². The highest BCUT2D eigenvalue weighted by Crippen LogP contribution is 2.30. The van der Waals surface area contributed by atoms with Gasteiger partial charge in [0.25, 0.3) is 0 Å². The highest BCUT2D eigenvalue weighted by molar-refractivity contribution is 6.05. The molecule has 0 saturated heterocycles. The van der Waals surface area contributed by atoms with Crippen molar-refractivity contribution in [3.8, 4) is 0 Å². The van der Waals surface area contributed by atoms with E-state index in [0.29, 0.717) is 6.04 Å². The molecule has 3 rings (SSSR count). The first-order valence-electron chi connectivity index (χ1n) is 6.94. The molecule has 1 heterocycles. The first kappa shape index (κ1) is 13.0. The molecule has 1 atom stereocenters. The van der Waals surface area contributed by atoms with Gasteiger partial charge in [-0.05, 0) is 37.6 Å². The van der Waals surface area contributed by atoms with E-state index < -0.39 is 0 Å². The van der Waals surface area contributed by atoms with E-state index in [2.05, 4.69) is 30.4 Å². The Kier molecular flexibility index (Phi) is 3.61. The molecule has 0 amide bonds. The summed E-state index contributed by atoms with van der Waals surface area (Å²) in [5, 5.41) is 5.82. The minimum atomic E-state index is 0.380. The minimum absolute atomic E-state index is 0.380. The molecule has 1 aromatic heterocycles. The van der Waals surface area contributed by atoms with Crippen LogP contribution in [0.4, 0.5) is 5.69 Å². The zero-order chi connectivity index (χ0) is 13.9. The number of hydrogen-bond acceptors (Lipinski definition) is 3. The van der Waals surface area contributed by atoms with E-state index in [-0.39, 0.29) is 0 Å². The number of benzene rings is 2. The summed E-state index contributed by atoms with van der Waals surface area (Å²) in [6, 6.07) is 14.8. The highest BCUT2D eigenvalue weighted by atomic mass is 16.5. The summed E-state index contributed by atoms with van der Waals surface area (Å²) in [6.45, 7) is 2.93. The lowest BCUT2D eigenvalue weighted by Gasteiger charge is -2.14. The Labute approximate surface area is 118 Å². The van der Waals surface area contributed by atoms with Gasteiger partial charge >= 0.3 is 0 Å². The van der Waals surface area contributed by atoms with E-state index in [1.807, 2.05) is 24.3 Å². The van der Waals surface area contributed by atoms with Gasteiger partial charge in [-0.15, -0.1) is 0 Å². The van der Waals surface area contributed by atoms with Crippen molar-refractivity contribution in [2.45, 2.75) is 19.4 Å². The number of rotatable bonds is 5. The Bertz CT molecular complexity index is 717. The molecular formula is C17H19NO2. The van der Waals surface area contributed by atoms with Crippen LogP contribution in [0, 0.1) is 0 Å². The van der Waals surface area contributed by atoms with Gasteiger partial charge in [-0.25, -0.2) is 0 Å². The molecule has 0 fully saturated rings. The maximum absolute atomic E-state index is 5.83. The molecular weight excluding hydrogens is 250 g/mol. The van der Waals surface area contributed by atoms with Crippen LogP contribution in [0.3, 0.4) is 0 Å². The molecule has 0 aliphatic heterocycles. The first-order valence-corrected chi connectivity index (χ1v) is 6.94. The fourth-order valence-electron chi connectivity index (χ4n) is 2.47. The number of hydrogen-bond donors (Lipinski definition) is 1. The van der Waals surface area contributed by atoms with Crippen LogP contribution in [0.5, 0.6) is 0 Å². The summed E-state index contributed by atoms with van der Waals surface area (Å²) in [6.07, 6.45) is 0.987. The topological polar surface area (TPSA) is 34.4 Å². The molecule has 0 aliphatic carbocycles. The number of nitrogens with one attached hydrogen (secondary N) is 1. The van der Waals surface area contributed by atoms with Crippen molar-refractivity contribution in [1.29, 1.82) is 0 Å². The van der Waals surface area contributed by atoms with Gasteiger partial charge in [-0.2, -0.15) is 0 Å². The maximum atomic E-state index is 5.83. The second-order valence-electron chi connectivity index (χ2n) is 5.14. The number of anilines is 1. The number of furan rings is 1. The van der Waals surface area contributed by atoms with E-state index in [1.54, 1.807) is 7.11 Å². The van der Waals surface area contributed by atoms with Crippen molar-refractivity contribution in [3.63, 3.8) is 0 Å². The Morgan fingerprint density at radius 2 is 1.90 bits per heavy atom. The zero-order valence-electron chi connectivity index (χ0n) is 11.8. The third-order valence-corrected chi connectivity index (χ3v) is 3.54. The Hall–Kier alpha value is -2.00. The number of ether oxygens (including phenoxy) is 1. The van der Waals surface area contributed by atoms with Crippen LogP contribution < -0.4 is 5.32 Å². The van der Waals surface area contributed by atoms with Crippen LogP contribution >= 0.6 is 0 Å². The average Bonchev–Trinajstić information content (AvgIpc) is 2.83. The van der Waals surface area contributed by atoms with Gasteiger partial charge in [0, 0.05) is 36.2 Å². The van der Waals surface area contributed by atoms with Gasteiger partial charge in [0.05, 0.1) is 0 Å². The molecule has 3 aromatic rings. The van der Waals surface area contributed by atoms with Crippen molar-refractivity contribution in [2.24, 2.45) is 0 Å². The number of para-hydroxylation sites is 1. The summed E-state index contributed by atoms with van der Waals surface area (Å²) >= 11 is 0. The van der Waals surface area contributed by atoms with E-state index in [1.165, 1.54) is 0 Å².